The summed E-state index contributed by atoms with van der Waals surface area (Å²) in [5, 5.41) is 3.78. The highest BCUT2D eigenvalue weighted by atomic mass is 32.2. The van der Waals surface area contributed by atoms with Gasteiger partial charge in [0.25, 0.3) is 0 Å². The van der Waals surface area contributed by atoms with Crippen LogP contribution >= 0.6 is 11.8 Å². The van der Waals surface area contributed by atoms with Crippen LogP contribution < -0.4 is 5.32 Å². The lowest BCUT2D eigenvalue weighted by Crippen LogP contribution is -2.28. The van der Waals surface area contributed by atoms with Crippen LogP contribution in [0.2, 0.25) is 0 Å². The van der Waals surface area contributed by atoms with E-state index in [2.05, 4.69) is 23.5 Å². The fourth-order valence-electron chi connectivity index (χ4n) is 2.09. The highest BCUT2D eigenvalue weighted by Crippen LogP contribution is 2.39. The van der Waals surface area contributed by atoms with E-state index in [4.69, 9.17) is 0 Å². The Kier molecular flexibility index (Phi) is 4.91. The van der Waals surface area contributed by atoms with E-state index in [0.717, 1.165) is 19.5 Å². The molecule has 4 heteroatoms. The van der Waals surface area contributed by atoms with E-state index in [-0.39, 0.29) is 5.91 Å². The van der Waals surface area contributed by atoms with Crippen molar-refractivity contribution in [1.82, 2.24) is 4.90 Å². The molecule has 0 bridgehead atoms. The molecule has 1 aliphatic heterocycles. The molecule has 0 saturated heterocycles. The van der Waals surface area contributed by atoms with Gasteiger partial charge in [-0.1, -0.05) is 30.0 Å². The number of anilines is 1. The summed E-state index contributed by atoms with van der Waals surface area (Å²) in [4.78, 5) is 14.9. The lowest BCUT2D eigenvalue weighted by Gasteiger charge is -2.16. The number of thioether (sulfide) groups is 1. The molecule has 19 heavy (non-hydrogen) atoms. The van der Waals surface area contributed by atoms with Crippen molar-refractivity contribution in [3.8, 4) is 0 Å². The molecule has 0 spiro atoms. The molecule has 0 aromatic heterocycles. The molecule has 1 atom stereocenters. The number of para-hydroxylation sites is 1. The maximum Gasteiger partial charge on any atom is 0.246 e. The number of fused-ring (bicyclic) bond motifs is 1. The molecule has 3 nitrogen and oxygen atoms in total. The number of hydrogen-bond acceptors (Lipinski definition) is 3. The molecule has 0 aliphatic carbocycles. The van der Waals surface area contributed by atoms with Crippen molar-refractivity contribution in [2.24, 2.45) is 0 Å². The average molecular weight is 276 g/mol. The van der Waals surface area contributed by atoms with Crippen LogP contribution in [0.3, 0.4) is 0 Å². The number of rotatable bonds is 5. The highest BCUT2D eigenvalue weighted by Gasteiger charge is 2.19. The topological polar surface area (TPSA) is 32.3 Å². The van der Waals surface area contributed by atoms with Gasteiger partial charge in [0, 0.05) is 23.7 Å². The molecule has 0 radical (unpaired) electrons. The first-order valence-corrected chi connectivity index (χ1v) is 7.60. The Bertz CT molecular complexity index is 444. The van der Waals surface area contributed by atoms with Gasteiger partial charge in [-0.05, 0) is 38.5 Å². The molecule has 0 fully saturated rings. The standard InChI is InChI=1S/C15H20N2OS/c1-3-17(4-2)15(18)11-7-10-14-16-12-8-5-6-9-13(12)19-14/h5-9,11,14,16H,3-4,10H2,1-2H3. The third-order valence-corrected chi connectivity index (χ3v) is 4.36. The lowest BCUT2D eigenvalue weighted by atomic mass is 10.3. The third-order valence-electron chi connectivity index (χ3n) is 3.16. The average Bonchev–Trinajstić information content (AvgIpc) is 2.82. The molecule has 2 rings (SSSR count). The van der Waals surface area contributed by atoms with Gasteiger partial charge in [-0.25, -0.2) is 0 Å². The maximum atomic E-state index is 11.8. The van der Waals surface area contributed by atoms with Crippen molar-refractivity contribution in [1.29, 1.82) is 0 Å². The van der Waals surface area contributed by atoms with E-state index < -0.39 is 0 Å². The van der Waals surface area contributed by atoms with Crippen LogP contribution in [0.25, 0.3) is 0 Å². The number of nitrogens with zero attached hydrogens (tertiary/aromatic N) is 1. The summed E-state index contributed by atoms with van der Waals surface area (Å²) in [5.74, 6) is 0.102. The fraction of sp³-hybridized carbons (Fsp3) is 0.400. The minimum absolute atomic E-state index is 0.102. The molecule has 1 unspecified atom stereocenters. The number of carbonyl (C=O) groups is 1. The molecular weight excluding hydrogens is 256 g/mol. The van der Waals surface area contributed by atoms with E-state index in [0.29, 0.717) is 5.37 Å². The number of benzene rings is 1. The molecule has 1 N–H and O–H groups in total. The lowest BCUT2D eigenvalue weighted by molar-refractivity contribution is -0.125. The van der Waals surface area contributed by atoms with Gasteiger partial charge in [0.2, 0.25) is 5.91 Å². The molecular formula is C15H20N2OS. The second-order valence-electron chi connectivity index (χ2n) is 4.40. The largest absolute Gasteiger partial charge is 0.372 e. The van der Waals surface area contributed by atoms with Gasteiger partial charge in [-0.3, -0.25) is 4.79 Å². The number of nitrogens with one attached hydrogen (secondary N) is 1. The Morgan fingerprint density at radius 1 is 1.37 bits per heavy atom. The Morgan fingerprint density at radius 3 is 2.79 bits per heavy atom. The molecule has 1 aliphatic rings. The minimum atomic E-state index is 0.102. The van der Waals surface area contributed by atoms with E-state index >= 15 is 0 Å². The van der Waals surface area contributed by atoms with Crippen molar-refractivity contribution in [2.45, 2.75) is 30.5 Å². The summed E-state index contributed by atoms with van der Waals surface area (Å²) in [6, 6.07) is 8.30. The SMILES string of the molecule is CCN(CC)C(=O)C=CCC1Nc2ccccc2S1. The summed E-state index contributed by atoms with van der Waals surface area (Å²) in [7, 11) is 0. The first-order valence-electron chi connectivity index (χ1n) is 6.72. The van der Waals surface area contributed by atoms with Crippen molar-refractivity contribution >= 4 is 23.4 Å². The first-order chi connectivity index (χ1) is 9.24. The second kappa shape index (κ2) is 6.66. The van der Waals surface area contributed by atoms with Crippen LogP contribution in [0.1, 0.15) is 20.3 Å². The predicted molar refractivity (Wildman–Crippen MR) is 81.4 cm³/mol. The zero-order valence-corrected chi connectivity index (χ0v) is 12.2. The van der Waals surface area contributed by atoms with E-state index in [1.807, 2.05) is 42.7 Å². The Morgan fingerprint density at radius 2 is 2.11 bits per heavy atom. The van der Waals surface area contributed by atoms with Crippen LogP contribution in [0, 0.1) is 0 Å². The van der Waals surface area contributed by atoms with E-state index in [1.54, 1.807) is 6.08 Å². The van der Waals surface area contributed by atoms with Crippen LogP contribution in [-0.2, 0) is 4.79 Å². The van der Waals surface area contributed by atoms with E-state index in [9.17, 15) is 4.79 Å². The summed E-state index contributed by atoms with van der Waals surface area (Å²) >= 11 is 1.82. The van der Waals surface area contributed by atoms with Crippen molar-refractivity contribution in [2.75, 3.05) is 18.4 Å². The number of likely N-dealkylation sites (N-methyl/N-ethyl adjacent to an activating group) is 1. The van der Waals surface area contributed by atoms with Gasteiger partial charge in [0.05, 0.1) is 5.37 Å². The number of carbonyl (C=O) groups excluding carboxylic acids is 1. The Labute approximate surface area is 119 Å². The van der Waals surface area contributed by atoms with Gasteiger partial charge in [0.15, 0.2) is 0 Å². The van der Waals surface area contributed by atoms with E-state index in [1.165, 1.54) is 10.6 Å². The summed E-state index contributed by atoms with van der Waals surface area (Å²) in [5.41, 5.74) is 1.20. The van der Waals surface area contributed by atoms with Gasteiger partial charge in [-0.15, -0.1) is 0 Å². The van der Waals surface area contributed by atoms with Crippen LogP contribution in [0.4, 0.5) is 5.69 Å². The van der Waals surface area contributed by atoms with Crippen molar-refractivity contribution < 1.29 is 4.79 Å². The van der Waals surface area contributed by atoms with Gasteiger partial charge in [-0.2, -0.15) is 0 Å². The molecule has 0 saturated carbocycles. The maximum absolute atomic E-state index is 11.8. The zero-order chi connectivity index (χ0) is 13.7. The minimum Gasteiger partial charge on any atom is -0.372 e. The highest BCUT2D eigenvalue weighted by molar-refractivity contribution is 8.00. The normalized spacial score (nSPS) is 17.3. The van der Waals surface area contributed by atoms with Gasteiger partial charge >= 0.3 is 0 Å². The quantitative estimate of drug-likeness (QED) is 0.837. The first kappa shape index (κ1) is 14.0. The monoisotopic (exact) mass is 276 g/mol. The summed E-state index contributed by atoms with van der Waals surface area (Å²) < 4.78 is 0. The number of hydrogen-bond donors (Lipinski definition) is 1. The fourth-order valence-corrected chi connectivity index (χ4v) is 3.20. The molecule has 1 amide bonds. The molecule has 1 aromatic rings. The van der Waals surface area contributed by atoms with Crippen LogP contribution in [-0.4, -0.2) is 29.3 Å². The molecule has 102 valence electrons. The Hall–Kier alpha value is -1.42. The van der Waals surface area contributed by atoms with Crippen LogP contribution in [0.15, 0.2) is 41.3 Å². The zero-order valence-electron chi connectivity index (χ0n) is 11.4. The third kappa shape index (κ3) is 3.53. The van der Waals surface area contributed by atoms with Crippen molar-refractivity contribution in [3.63, 3.8) is 0 Å². The second-order valence-corrected chi connectivity index (χ2v) is 5.64. The van der Waals surface area contributed by atoms with Gasteiger partial charge in [0.1, 0.15) is 0 Å². The smallest absolute Gasteiger partial charge is 0.246 e. The molecule has 1 aromatic carbocycles. The number of amides is 1. The summed E-state index contributed by atoms with van der Waals surface area (Å²) in [6.45, 7) is 5.53. The predicted octanol–water partition coefficient (Wildman–Crippen LogP) is 3.35. The van der Waals surface area contributed by atoms with Crippen molar-refractivity contribution in [3.05, 3.63) is 36.4 Å². The summed E-state index contributed by atoms with van der Waals surface area (Å²) in [6.07, 6.45) is 4.52. The van der Waals surface area contributed by atoms with Gasteiger partial charge < -0.3 is 10.2 Å². The van der Waals surface area contributed by atoms with Crippen LogP contribution in [0.5, 0.6) is 0 Å². The molecule has 1 heterocycles. The Balaban J connectivity index is 1.83.